The Morgan fingerprint density at radius 3 is 2.51 bits per heavy atom. The maximum Gasteiger partial charge on any atom is 0.254 e. The highest BCUT2D eigenvalue weighted by Crippen LogP contribution is 2.58. The van der Waals surface area contributed by atoms with Crippen molar-refractivity contribution in [3.8, 4) is 22.2 Å². The number of hydrogen-bond donors (Lipinski definition) is 2. The molecule has 71 heavy (non-hydrogen) atoms. The van der Waals surface area contributed by atoms with Gasteiger partial charge in [-0.25, -0.2) is 18.4 Å². The number of hydrogen-bond acceptors (Lipinski definition) is 13. The van der Waals surface area contributed by atoms with Gasteiger partial charge in [-0.3, -0.25) is 28.8 Å². The molecule has 2 N–H and O–H groups in total. The van der Waals surface area contributed by atoms with Gasteiger partial charge >= 0.3 is 0 Å². The van der Waals surface area contributed by atoms with E-state index in [-0.39, 0.29) is 48.8 Å². The molecule has 3 amide bonds. The number of sulfonamides is 1. The Balaban J connectivity index is 1.04. The highest BCUT2D eigenvalue weighted by atomic mass is 32.2. The van der Waals surface area contributed by atoms with Gasteiger partial charge in [0, 0.05) is 72.7 Å². The summed E-state index contributed by atoms with van der Waals surface area (Å²) < 4.78 is 41.0. The molecule has 0 spiro atoms. The molecule has 2 aliphatic carbocycles. The SMILES string of the molecule is CCCN1CCN(C(=O)c2cccc(N[C@H]3CCCCC/C=C\[C@H]4C[C@@]4(C(=O)NS(=O)(=O)C4(C)CC4)CC(=O)[C@@H]4C[C@@H](Oc5cc(-c6nc(C(C)C)cs6)nc6c(C)c(OC)ccc56)CN4C3=O)c2)CC1. The number of ketones is 1. The molecule has 380 valence electrons. The Hall–Kier alpha value is -5.39. The summed E-state index contributed by atoms with van der Waals surface area (Å²) in [6.07, 6.45) is 9.20. The van der Waals surface area contributed by atoms with Crippen LogP contribution >= 0.6 is 11.3 Å². The number of nitrogens with one attached hydrogen (secondary N) is 2. The van der Waals surface area contributed by atoms with Gasteiger partial charge in [0.2, 0.25) is 21.8 Å². The van der Waals surface area contributed by atoms with Crippen molar-refractivity contribution in [3.63, 3.8) is 0 Å². The number of aromatic nitrogens is 2. The van der Waals surface area contributed by atoms with Crippen LogP contribution in [0.5, 0.6) is 11.5 Å². The number of allylic oxidation sites excluding steroid dienone is 2. The highest BCUT2D eigenvalue weighted by molar-refractivity contribution is 7.91. The van der Waals surface area contributed by atoms with Gasteiger partial charge in [-0.05, 0) is 108 Å². The third kappa shape index (κ3) is 10.6. The second-order valence-electron chi connectivity index (χ2n) is 21.0. The molecule has 9 rings (SSSR count). The molecular weight excluding hydrogens is 939 g/mol. The van der Waals surface area contributed by atoms with Crippen molar-refractivity contribution in [1.29, 1.82) is 0 Å². The average Bonchev–Trinajstić information content (AvgIpc) is 4.13. The first-order valence-corrected chi connectivity index (χ1v) is 27.9. The third-order valence-electron chi connectivity index (χ3n) is 15.5. The van der Waals surface area contributed by atoms with Gasteiger partial charge in [0.1, 0.15) is 34.3 Å². The standard InChI is InChI=1S/C54H69N7O8S2/c1-7-22-59-23-25-60(26-24-59)50(63)36-14-13-16-38(27-36)55-41-17-12-10-8-9-11-15-37-30-54(37,52(65)58-71(66,67)53(5)20-21-53)31-45(62)44-28-39(32-61(44)51(41)64)69-47-29-42(49-57-43(33-70-49)34(2)3)56-48-35(4)46(68-6)19-18-40(47)48/h11,13-16,18-19,27,29,33-34,37,39,41,44,55H,7-10,12,17,20-26,28,30-32H2,1-6H3,(H,58,65)/b15-11-/t37-,39+,41-,44-,54+/m0/s1. The third-order valence-corrected chi connectivity index (χ3v) is 18.5. The molecule has 2 aromatic heterocycles. The number of methoxy groups -OCH3 is 1. The predicted octanol–water partition coefficient (Wildman–Crippen LogP) is 8.28. The number of carbonyl (C=O) groups is 4. The molecule has 0 bridgehead atoms. The van der Waals surface area contributed by atoms with E-state index in [1.54, 1.807) is 18.9 Å². The number of rotatable bonds is 13. The van der Waals surface area contributed by atoms with E-state index >= 15 is 9.59 Å². The molecule has 2 saturated heterocycles. The molecule has 17 heteroatoms. The monoisotopic (exact) mass is 1010 g/mol. The van der Waals surface area contributed by atoms with Crippen molar-refractivity contribution in [2.45, 2.75) is 134 Å². The number of ether oxygens (including phenoxy) is 2. The topological polar surface area (TPSA) is 180 Å². The van der Waals surface area contributed by atoms with Gasteiger partial charge < -0.3 is 24.6 Å². The molecule has 0 radical (unpaired) electrons. The summed E-state index contributed by atoms with van der Waals surface area (Å²) in [5.41, 5.74) is 2.97. The van der Waals surface area contributed by atoms with Crippen LogP contribution in [0.3, 0.4) is 0 Å². The lowest BCUT2D eigenvalue weighted by molar-refractivity contribution is -0.139. The second kappa shape index (κ2) is 20.6. The van der Waals surface area contributed by atoms with Crippen LogP contribution in [0.25, 0.3) is 21.6 Å². The van der Waals surface area contributed by atoms with Crippen molar-refractivity contribution >= 4 is 61.5 Å². The molecule has 15 nitrogen and oxygen atoms in total. The van der Waals surface area contributed by atoms with Gasteiger partial charge in [-0.2, -0.15) is 0 Å². The fraction of sp³-hybridized carbons (Fsp3) is 0.556. The number of nitrogens with zero attached hydrogens (tertiary/aromatic N) is 5. The van der Waals surface area contributed by atoms with Crippen LogP contribution in [0, 0.1) is 18.3 Å². The lowest BCUT2D eigenvalue weighted by Gasteiger charge is -2.34. The van der Waals surface area contributed by atoms with E-state index in [4.69, 9.17) is 19.4 Å². The fourth-order valence-corrected chi connectivity index (χ4v) is 12.8. The second-order valence-corrected chi connectivity index (χ2v) is 24.0. The number of pyridine rings is 1. The largest absolute Gasteiger partial charge is 0.496 e. The Labute approximate surface area is 422 Å². The van der Waals surface area contributed by atoms with E-state index in [2.05, 4.69) is 35.7 Å². The molecule has 2 aromatic carbocycles. The summed E-state index contributed by atoms with van der Waals surface area (Å²) in [5.74, 6) is -0.245. The van der Waals surface area contributed by atoms with Crippen molar-refractivity contribution in [2.75, 3.05) is 51.7 Å². The number of thiazole rings is 1. The van der Waals surface area contributed by atoms with Crippen molar-refractivity contribution in [1.82, 2.24) is 29.4 Å². The normalized spacial score (nSPS) is 25.5. The van der Waals surface area contributed by atoms with Crippen molar-refractivity contribution in [3.05, 3.63) is 76.8 Å². The van der Waals surface area contributed by atoms with Crippen LogP contribution < -0.4 is 19.5 Å². The minimum atomic E-state index is -3.98. The zero-order valence-corrected chi connectivity index (χ0v) is 43.6. The summed E-state index contributed by atoms with van der Waals surface area (Å²) in [7, 11) is -2.36. The van der Waals surface area contributed by atoms with Crippen molar-refractivity contribution < 1.29 is 37.1 Å². The minimum Gasteiger partial charge on any atom is -0.496 e. The van der Waals surface area contributed by atoms with Gasteiger partial charge in [-0.15, -0.1) is 11.3 Å². The predicted molar refractivity (Wildman–Crippen MR) is 276 cm³/mol. The Bertz CT molecular complexity index is 2820. The van der Waals surface area contributed by atoms with Crippen molar-refractivity contribution in [2.24, 2.45) is 11.3 Å². The number of carbonyl (C=O) groups excluding carboxylic acids is 4. The zero-order valence-electron chi connectivity index (χ0n) is 42.0. The lowest BCUT2D eigenvalue weighted by atomic mass is 9.91. The van der Waals surface area contributed by atoms with E-state index in [1.165, 1.54) is 11.3 Å². The van der Waals surface area contributed by atoms with E-state index in [0.717, 1.165) is 73.4 Å². The maximum absolute atomic E-state index is 15.4. The Kier molecular flexibility index (Phi) is 14.7. The summed E-state index contributed by atoms with van der Waals surface area (Å²) in [5, 5.41) is 7.01. The minimum absolute atomic E-state index is 0.0533. The molecule has 2 saturated carbocycles. The molecule has 3 aliphatic heterocycles. The van der Waals surface area contributed by atoms with Crippen LogP contribution in [0.4, 0.5) is 5.69 Å². The van der Waals surface area contributed by atoms with E-state index in [9.17, 15) is 18.0 Å². The average molecular weight is 1010 g/mol. The first-order chi connectivity index (χ1) is 34.0. The fourth-order valence-electron chi connectivity index (χ4n) is 10.6. The summed E-state index contributed by atoms with van der Waals surface area (Å²) in [6.45, 7) is 14.0. The molecular formula is C54H69N7O8S2. The quantitative estimate of drug-likeness (QED) is 0.123. The molecule has 4 aromatic rings. The van der Waals surface area contributed by atoms with Crippen LogP contribution in [0.2, 0.25) is 0 Å². The molecule has 4 fully saturated rings. The number of aryl methyl sites for hydroxylation is 1. The van der Waals surface area contributed by atoms with Gasteiger partial charge in [0.15, 0.2) is 5.78 Å². The molecule has 0 unspecified atom stereocenters. The molecule has 5 atom stereocenters. The number of amides is 3. The maximum atomic E-state index is 15.4. The first-order valence-electron chi connectivity index (χ1n) is 25.6. The highest BCUT2D eigenvalue weighted by Gasteiger charge is 2.62. The van der Waals surface area contributed by atoms with E-state index in [0.29, 0.717) is 72.7 Å². The molecule has 5 heterocycles. The zero-order chi connectivity index (χ0) is 50.2. The number of fused-ring (bicyclic) bond motifs is 3. The van der Waals surface area contributed by atoms with E-state index < -0.39 is 44.3 Å². The number of benzene rings is 2. The number of anilines is 1. The van der Waals surface area contributed by atoms with Crippen LogP contribution in [0.15, 0.2) is 60.0 Å². The first kappa shape index (κ1) is 50.5. The van der Waals surface area contributed by atoms with Crippen LogP contribution in [-0.2, 0) is 24.4 Å². The lowest BCUT2D eigenvalue weighted by Crippen LogP contribution is -2.49. The smallest absolute Gasteiger partial charge is 0.254 e. The number of Topliss-reactive ketones (excluding diaryl/α,β-unsaturated/α-hetero) is 1. The summed E-state index contributed by atoms with van der Waals surface area (Å²) in [4.78, 5) is 74.5. The van der Waals surface area contributed by atoms with Gasteiger partial charge in [0.25, 0.3) is 5.91 Å². The van der Waals surface area contributed by atoms with Gasteiger partial charge in [-0.1, -0.05) is 51.8 Å². The van der Waals surface area contributed by atoms with Gasteiger partial charge in [0.05, 0.1) is 41.1 Å². The summed E-state index contributed by atoms with van der Waals surface area (Å²) in [6, 6.07) is 11.2. The Morgan fingerprint density at radius 1 is 1.00 bits per heavy atom. The summed E-state index contributed by atoms with van der Waals surface area (Å²) >= 11 is 1.50. The number of piperazine rings is 1. The van der Waals surface area contributed by atoms with E-state index in [1.807, 2.05) is 71.8 Å². The van der Waals surface area contributed by atoms with Crippen LogP contribution in [-0.4, -0.2) is 126 Å². The molecule has 5 aliphatic rings. The van der Waals surface area contributed by atoms with Crippen LogP contribution in [0.1, 0.15) is 126 Å². The Morgan fingerprint density at radius 2 is 1.79 bits per heavy atom.